The molecule has 19 heteroatoms. The number of nitrogens with one attached hydrogen (secondary N) is 1. The number of carboxylic acids is 3. The molecule has 0 saturated carbocycles. The molecule has 3 rings (SSSR count). The standard InChI is InChI=1S/C14H21N3O.3C2HF3O2/c1-11-3-2-4-12(16-11)10-18-14-7-13-8-15-5-6-17(13)9-14;3*3-2(4,5)1(6)7/h2-4,13-15H,5-10H2,1H3;3*(H,6,7). The van der Waals surface area contributed by atoms with Gasteiger partial charge in [0.25, 0.3) is 0 Å². The van der Waals surface area contributed by atoms with E-state index in [1.54, 1.807) is 0 Å². The number of nitrogens with zero attached hydrogens (tertiary/aromatic N) is 2. The first-order valence-electron chi connectivity index (χ1n) is 10.5. The number of carboxylic acid groups (broad SMARTS) is 3. The lowest BCUT2D eigenvalue weighted by atomic mass is 10.2. The van der Waals surface area contributed by atoms with E-state index in [2.05, 4.69) is 15.2 Å². The highest BCUT2D eigenvalue weighted by atomic mass is 19.4. The Kier molecular flexibility index (Phi) is 14.2. The van der Waals surface area contributed by atoms with E-state index in [0.717, 1.165) is 44.0 Å². The van der Waals surface area contributed by atoms with Gasteiger partial charge in [0.15, 0.2) is 0 Å². The fraction of sp³-hybridized carbons (Fsp3) is 0.600. The summed E-state index contributed by atoms with van der Waals surface area (Å²) >= 11 is 0. The van der Waals surface area contributed by atoms with Gasteiger partial charge in [0.2, 0.25) is 0 Å². The minimum atomic E-state index is -5.08. The van der Waals surface area contributed by atoms with Crippen LogP contribution >= 0.6 is 0 Å². The van der Waals surface area contributed by atoms with Crippen molar-refractivity contribution in [3.05, 3.63) is 29.6 Å². The zero-order valence-electron chi connectivity index (χ0n) is 19.9. The topological polar surface area (TPSA) is 149 Å². The third-order valence-electron chi connectivity index (χ3n) is 4.59. The zero-order valence-corrected chi connectivity index (χ0v) is 19.9. The quantitative estimate of drug-likeness (QED) is 0.388. The van der Waals surface area contributed by atoms with Crippen LogP contribution in [0.2, 0.25) is 0 Å². The molecule has 1 aromatic heterocycles. The number of ether oxygens (including phenoxy) is 1. The molecular formula is C20H24F9N3O7. The largest absolute Gasteiger partial charge is 0.490 e. The lowest BCUT2D eigenvalue weighted by Gasteiger charge is -2.29. The Labute approximate surface area is 214 Å². The highest BCUT2D eigenvalue weighted by Gasteiger charge is 2.39. The summed E-state index contributed by atoms with van der Waals surface area (Å²) in [7, 11) is 0. The lowest BCUT2D eigenvalue weighted by Crippen LogP contribution is -2.47. The third-order valence-corrected chi connectivity index (χ3v) is 4.59. The van der Waals surface area contributed by atoms with Gasteiger partial charge in [0, 0.05) is 37.9 Å². The average Bonchev–Trinajstić information content (AvgIpc) is 3.20. The summed E-state index contributed by atoms with van der Waals surface area (Å²) < 4.78 is 101. The number of aryl methyl sites for hydroxylation is 1. The van der Waals surface area contributed by atoms with Crippen LogP contribution in [0.1, 0.15) is 17.8 Å². The van der Waals surface area contributed by atoms with Crippen molar-refractivity contribution in [2.45, 2.75) is 50.6 Å². The smallest absolute Gasteiger partial charge is 0.475 e. The molecule has 1 aromatic rings. The van der Waals surface area contributed by atoms with Crippen LogP contribution in [-0.4, -0.2) is 100.0 Å². The molecule has 2 aliphatic heterocycles. The number of alkyl halides is 9. The van der Waals surface area contributed by atoms with Gasteiger partial charge in [-0.25, -0.2) is 14.4 Å². The first-order valence-corrected chi connectivity index (χ1v) is 10.5. The fourth-order valence-corrected chi connectivity index (χ4v) is 2.92. The summed E-state index contributed by atoms with van der Waals surface area (Å²) in [4.78, 5) is 33.7. The lowest BCUT2D eigenvalue weighted by molar-refractivity contribution is -0.193. The molecule has 2 atom stereocenters. The fourth-order valence-electron chi connectivity index (χ4n) is 2.92. The molecule has 39 heavy (non-hydrogen) atoms. The van der Waals surface area contributed by atoms with E-state index in [4.69, 9.17) is 34.4 Å². The van der Waals surface area contributed by atoms with E-state index in [-0.39, 0.29) is 0 Å². The molecule has 0 bridgehead atoms. The van der Waals surface area contributed by atoms with Crippen LogP contribution in [-0.2, 0) is 25.7 Å². The second-order valence-corrected chi connectivity index (χ2v) is 7.70. The van der Waals surface area contributed by atoms with Gasteiger partial charge < -0.3 is 25.4 Å². The molecule has 10 nitrogen and oxygen atoms in total. The molecule has 0 radical (unpaired) electrons. The molecule has 2 aliphatic rings. The zero-order chi connectivity index (χ0) is 30.6. The Balaban J connectivity index is 0.000000576. The van der Waals surface area contributed by atoms with Crippen molar-refractivity contribution in [3.63, 3.8) is 0 Å². The maximum absolute atomic E-state index is 10.6. The second kappa shape index (κ2) is 15.4. The van der Waals surface area contributed by atoms with E-state index in [1.165, 1.54) is 0 Å². The highest BCUT2D eigenvalue weighted by molar-refractivity contribution is 5.73. The summed E-state index contributed by atoms with van der Waals surface area (Å²) in [5.74, 6) is -8.27. The number of pyridine rings is 1. The van der Waals surface area contributed by atoms with Crippen LogP contribution in [0.25, 0.3) is 0 Å². The van der Waals surface area contributed by atoms with E-state index in [0.29, 0.717) is 18.8 Å². The van der Waals surface area contributed by atoms with E-state index < -0.39 is 36.4 Å². The van der Waals surface area contributed by atoms with Crippen molar-refractivity contribution >= 4 is 17.9 Å². The Morgan fingerprint density at radius 3 is 1.79 bits per heavy atom. The monoisotopic (exact) mass is 589 g/mol. The predicted octanol–water partition coefficient (Wildman–Crippen LogP) is 2.85. The van der Waals surface area contributed by atoms with E-state index in [9.17, 15) is 39.5 Å². The number of hydrogen-bond donors (Lipinski definition) is 4. The number of aliphatic carboxylic acids is 3. The van der Waals surface area contributed by atoms with E-state index in [1.807, 2.05) is 25.1 Å². The first-order chi connectivity index (χ1) is 17.6. The highest BCUT2D eigenvalue weighted by Crippen LogP contribution is 2.22. The molecule has 3 heterocycles. The normalized spacial score (nSPS) is 19.1. The molecule has 0 aromatic carbocycles. The number of halogens is 9. The molecule has 2 fully saturated rings. The third kappa shape index (κ3) is 15.7. The van der Waals surface area contributed by atoms with Gasteiger partial charge in [-0.15, -0.1) is 0 Å². The van der Waals surface area contributed by atoms with Crippen molar-refractivity contribution in [2.24, 2.45) is 0 Å². The number of hydrogen-bond acceptors (Lipinski definition) is 7. The Bertz CT molecular complexity index is 870. The summed E-state index contributed by atoms with van der Waals surface area (Å²) in [5.41, 5.74) is 2.10. The average molecular weight is 589 g/mol. The van der Waals surface area contributed by atoms with Crippen LogP contribution in [0.4, 0.5) is 39.5 Å². The van der Waals surface area contributed by atoms with Crippen LogP contribution in [0.15, 0.2) is 18.2 Å². The molecule has 0 aliphatic carbocycles. The summed E-state index contributed by atoms with van der Waals surface area (Å²) in [6.07, 6.45) is -13.7. The summed E-state index contributed by atoms with van der Waals surface area (Å²) in [6.45, 7) is 7.13. The second-order valence-electron chi connectivity index (χ2n) is 7.70. The van der Waals surface area contributed by atoms with Crippen LogP contribution in [0, 0.1) is 6.92 Å². The number of carbonyl (C=O) groups is 3. The van der Waals surface area contributed by atoms with Gasteiger partial charge in [-0.05, 0) is 25.5 Å². The van der Waals surface area contributed by atoms with Crippen LogP contribution < -0.4 is 5.32 Å². The Morgan fingerprint density at radius 1 is 0.949 bits per heavy atom. The maximum atomic E-state index is 10.6. The van der Waals surface area contributed by atoms with Crippen molar-refractivity contribution in [1.82, 2.24) is 15.2 Å². The van der Waals surface area contributed by atoms with Gasteiger partial charge in [-0.2, -0.15) is 39.5 Å². The minimum absolute atomic E-state index is 0.372. The Morgan fingerprint density at radius 2 is 1.41 bits per heavy atom. The summed E-state index contributed by atoms with van der Waals surface area (Å²) in [5, 5.41) is 24.8. The number of rotatable bonds is 3. The molecule has 224 valence electrons. The van der Waals surface area contributed by atoms with Crippen molar-refractivity contribution in [3.8, 4) is 0 Å². The molecule has 2 unspecified atom stereocenters. The number of piperazine rings is 1. The number of aromatic nitrogens is 1. The van der Waals surface area contributed by atoms with Crippen LogP contribution in [0.3, 0.4) is 0 Å². The van der Waals surface area contributed by atoms with Crippen LogP contribution in [0.5, 0.6) is 0 Å². The van der Waals surface area contributed by atoms with Crippen molar-refractivity contribution in [1.29, 1.82) is 0 Å². The van der Waals surface area contributed by atoms with Gasteiger partial charge >= 0.3 is 36.4 Å². The predicted molar refractivity (Wildman–Crippen MR) is 111 cm³/mol. The minimum Gasteiger partial charge on any atom is -0.475 e. The molecule has 2 saturated heterocycles. The first kappa shape index (κ1) is 35.8. The van der Waals surface area contributed by atoms with Gasteiger partial charge in [-0.3, -0.25) is 9.88 Å². The Hall–Kier alpha value is -3.19. The van der Waals surface area contributed by atoms with Gasteiger partial charge in [0.1, 0.15) is 0 Å². The maximum Gasteiger partial charge on any atom is 0.490 e. The number of fused-ring (bicyclic) bond motifs is 1. The SMILES string of the molecule is Cc1cccc(COC2CC3CNCCN3C2)n1.O=C(O)C(F)(F)F.O=C(O)C(F)(F)F.O=C(O)C(F)(F)F. The van der Waals surface area contributed by atoms with Gasteiger partial charge in [-0.1, -0.05) is 6.07 Å². The van der Waals surface area contributed by atoms with Gasteiger partial charge in [0.05, 0.1) is 18.4 Å². The summed E-state index contributed by atoms with van der Waals surface area (Å²) in [6, 6.07) is 6.78. The van der Waals surface area contributed by atoms with E-state index >= 15 is 0 Å². The molecule has 0 spiro atoms. The molecule has 4 N–H and O–H groups in total. The van der Waals surface area contributed by atoms with Crippen molar-refractivity contribution in [2.75, 3.05) is 26.2 Å². The van der Waals surface area contributed by atoms with Crippen molar-refractivity contribution < 1.29 is 74.0 Å². The molecule has 0 amide bonds. The molecular weight excluding hydrogens is 565 g/mol.